The van der Waals surface area contributed by atoms with Crippen molar-refractivity contribution in [1.82, 2.24) is 14.9 Å². The smallest absolute Gasteiger partial charge is 0.229 e. The molecule has 1 atom stereocenters. The number of nitrogens with zero attached hydrogens (tertiary/aromatic N) is 5. The average molecular weight is 410 g/mol. The second kappa shape index (κ2) is 9.10. The van der Waals surface area contributed by atoms with E-state index in [1.165, 1.54) is 0 Å². The summed E-state index contributed by atoms with van der Waals surface area (Å²) >= 11 is 0. The lowest BCUT2D eigenvalue weighted by Gasteiger charge is -2.36. The Morgan fingerprint density at radius 3 is 2.53 bits per heavy atom. The van der Waals surface area contributed by atoms with E-state index in [0.29, 0.717) is 6.54 Å². The molecule has 30 heavy (non-hydrogen) atoms. The summed E-state index contributed by atoms with van der Waals surface area (Å²) in [7, 11) is 0. The van der Waals surface area contributed by atoms with E-state index in [9.17, 15) is 9.90 Å². The average Bonchev–Trinajstić information content (AvgIpc) is 2.78. The zero-order chi connectivity index (χ0) is 21.1. The van der Waals surface area contributed by atoms with E-state index < -0.39 is 6.10 Å². The normalized spacial score (nSPS) is 18.4. The van der Waals surface area contributed by atoms with Crippen molar-refractivity contribution in [3.8, 4) is 0 Å². The van der Waals surface area contributed by atoms with Crippen molar-refractivity contribution in [2.24, 2.45) is 5.92 Å². The Balaban J connectivity index is 1.38. The fourth-order valence-corrected chi connectivity index (χ4v) is 4.30. The van der Waals surface area contributed by atoms with E-state index in [2.05, 4.69) is 25.8 Å². The first-order chi connectivity index (χ1) is 14.5. The Morgan fingerprint density at radius 1 is 1.10 bits per heavy atom. The maximum Gasteiger partial charge on any atom is 0.229 e. The Kier molecular flexibility index (Phi) is 6.29. The molecule has 160 valence electrons. The molecule has 1 amide bonds. The van der Waals surface area contributed by atoms with Crippen molar-refractivity contribution in [2.75, 3.05) is 49.1 Å². The highest BCUT2D eigenvalue weighted by Crippen LogP contribution is 2.31. The van der Waals surface area contributed by atoms with Crippen LogP contribution in [0.4, 0.5) is 11.6 Å². The zero-order valence-corrected chi connectivity index (χ0v) is 17.9. The van der Waals surface area contributed by atoms with Gasteiger partial charge in [0.1, 0.15) is 0 Å². The third kappa shape index (κ3) is 4.47. The van der Waals surface area contributed by atoms with Gasteiger partial charge < -0.3 is 14.9 Å². The number of aliphatic hydroxyl groups excluding tert-OH is 1. The molecule has 2 aliphatic heterocycles. The lowest BCUT2D eigenvalue weighted by atomic mass is 9.96. The van der Waals surface area contributed by atoms with Crippen LogP contribution in [0.1, 0.15) is 37.5 Å². The standard InChI is InChI=1S/C23H31N5O2/c1-17(2)22(30)28-10-3-5-18-15-19(6-7-20(18)28)21(29)16-26-11-13-27(14-12-26)23-24-8-4-9-25-23/h4,6-9,15,17,21,29H,3,5,10-14,16H2,1-2H3/t21-/m1/s1. The van der Waals surface area contributed by atoms with Gasteiger partial charge in [-0.3, -0.25) is 9.69 Å². The molecule has 1 fully saturated rings. The van der Waals surface area contributed by atoms with Crippen LogP contribution in [0.3, 0.4) is 0 Å². The molecular formula is C23H31N5O2. The Labute approximate surface area is 178 Å². The van der Waals surface area contributed by atoms with Gasteiger partial charge in [0.15, 0.2) is 0 Å². The van der Waals surface area contributed by atoms with Crippen LogP contribution in [-0.4, -0.2) is 65.2 Å². The van der Waals surface area contributed by atoms with Crippen LogP contribution in [-0.2, 0) is 11.2 Å². The summed E-state index contributed by atoms with van der Waals surface area (Å²) < 4.78 is 0. The summed E-state index contributed by atoms with van der Waals surface area (Å²) in [6.07, 6.45) is 4.92. The summed E-state index contributed by atoms with van der Waals surface area (Å²) in [4.78, 5) is 27.6. The lowest BCUT2D eigenvalue weighted by molar-refractivity contribution is -0.121. The number of aromatic nitrogens is 2. The molecule has 1 saturated heterocycles. The summed E-state index contributed by atoms with van der Waals surface area (Å²) in [5.41, 5.74) is 3.10. The van der Waals surface area contributed by atoms with Gasteiger partial charge in [-0.1, -0.05) is 26.0 Å². The molecule has 7 heteroatoms. The lowest BCUT2D eigenvalue weighted by Crippen LogP contribution is -2.48. The van der Waals surface area contributed by atoms with Crippen LogP contribution in [0.15, 0.2) is 36.7 Å². The van der Waals surface area contributed by atoms with E-state index in [0.717, 1.165) is 68.3 Å². The molecule has 2 aromatic rings. The molecule has 3 heterocycles. The van der Waals surface area contributed by atoms with Gasteiger partial charge in [-0.25, -0.2) is 9.97 Å². The highest BCUT2D eigenvalue weighted by Gasteiger charge is 2.26. The monoisotopic (exact) mass is 409 g/mol. The van der Waals surface area contributed by atoms with Crippen LogP contribution in [0.2, 0.25) is 0 Å². The van der Waals surface area contributed by atoms with Crippen LogP contribution in [0.5, 0.6) is 0 Å². The molecule has 2 aliphatic rings. The van der Waals surface area contributed by atoms with Crippen molar-refractivity contribution in [2.45, 2.75) is 32.8 Å². The third-order valence-electron chi connectivity index (χ3n) is 6.01. The minimum absolute atomic E-state index is 0.0128. The summed E-state index contributed by atoms with van der Waals surface area (Å²) in [6.45, 7) is 8.73. The molecule has 0 bridgehead atoms. The largest absolute Gasteiger partial charge is 0.387 e. The molecule has 0 unspecified atom stereocenters. The SMILES string of the molecule is CC(C)C(=O)N1CCCc2cc([C@H](O)CN3CCN(c4ncccn4)CC3)ccc21. The summed E-state index contributed by atoms with van der Waals surface area (Å²) in [5.74, 6) is 0.929. The van der Waals surface area contributed by atoms with Crippen LogP contribution >= 0.6 is 0 Å². The van der Waals surface area contributed by atoms with Gasteiger partial charge >= 0.3 is 0 Å². The first kappa shape index (κ1) is 20.8. The van der Waals surface area contributed by atoms with Gasteiger partial charge in [-0.15, -0.1) is 0 Å². The van der Waals surface area contributed by atoms with E-state index in [1.807, 2.05) is 36.9 Å². The quantitative estimate of drug-likeness (QED) is 0.817. The van der Waals surface area contributed by atoms with Gasteiger partial charge in [-0.2, -0.15) is 0 Å². The van der Waals surface area contributed by atoms with Crippen molar-refractivity contribution in [1.29, 1.82) is 0 Å². The summed E-state index contributed by atoms with van der Waals surface area (Å²) in [6, 6.07) is 7.90. The number of amides is 1. The molecule has 0 saturated carbocycles. The highest BCUT2D eigenvalue weighted by molar-refractivity contribution is 5.95. The number of carbonyl (C=O) groups is 1. The molecule has 1 N–H and O–H groups in total. The number of aliphatic hydroxyl groups is 1. The maximum absolute atomic E-state index is 12.5. The predicted octanol–water partition coefficient (Wildman–Crippen LogP) is 2.27. The Morgan fingerprint density at radius 2 is 1.83 bits per heavy atom. The van der Waals surface area contributed by atoms with Gasteiger partial charge in [-0.05, 0) is 36.1 Å². The number of carbonyl (C=O) groups excluding carboxylic acids is 1. The first-order valence-corrected chi connectivity index (χ1v) is 10.9. The minimum Gasteiger partial charge on any atom is -0.387 e. The topological polar surface area (TPSA) is 72.8 Å². The zero-order valence-electron chi connectivity index (χ0n) is 17.9. The van der Waals surface area contributed by atoms with Crippen LogP contribution in [0, 0.1) is 5.92 Å². The van der Waals surface area contributed by atoms with Gasteiger partial charge in [0, 0.05) is 63.3 Å². The molecule has 4 rings (SSSR count). The second-order valence-electron chi connectivity index (χ2n) is 8.49. The molecule has 1 aromatic carbocycles. The number of hydrogen-bond acceptors (Lipinski definition) is 6. The first-order valence-electron chi connectivity index (χ1n) is 10.9. The number of benzene rings is 1. The van der Waals surface area contributed by atoms with Crippen molar-refractivity contribution in [3.05, 3.63) is 47.8 Å². The number of hydrogen-bond donors (Lipinski definition) is 1. The Hall–Kier alpha value is -2.51. The second-order valence-corrected chi connectivity index (χ2v) is 8.49. The van der Waals surface area contributed by atoms with E-state index >= 15 is 0 Å². The van der Waals surface area contributed by atoms with E-state index in [4.69, 9.17) is 0 Å². The summed E-state index contributed by atoms with van der Waals surface area (Å²) in [5, 5.41) is 10.9. The fourth-order valence-electron chi connectivity index (χ4n) is 4.30. The molecule has 1 aromatic heterocycles. The van der Waals surface area contributed by atoms with Crippen molar-refractivity contribution >= 4 is 17.5 Å². The van der Waals surface area contributed by atoms with Gasteiger partial charge in [0.25, 0.3) is 0 Å². The molecule has 0 spiro atoms. The van der Waals surface area contributed by atoms with E-state index in [1.54, 1.807) is 12.4 Å². The number of β-amino-alcohol motifs (C(OH)–C–C–N with tert-alkyl or cyclic N) is 1. The fraction of sp³-hybridized carbons (Fsp3) is 0.522. The van der Waals surface area contributed by atoms with Crippen molar-refractivity contribution in [3.63, 3.8) is 0 Å². The maximum atomic E-state index is 12.5. The van der Waals surface area contributed by atoms with Crippen molar-refractivity contribution < 1.29 is 9.90 Å². The molecule has 0 radical (unpaired) electrons. The van der Waals surface area contributed by atoms with Crippen LogP contribution in [0.25, 0.3) is 0 Å². The third-order valence-corrected chi connectivity index (χ3v) is 6.01. The number of fused-ring (bicyclic) bond motifs is 1. The number of piperazine rings is 1. The Bertz CT molecular complexity index is 865. The van der Waals surface area contributed by atoms with Gasteiger partial charge in [0.05, 0.1) is 6.10 Å². The van der Waals surface area contributed by atoms with Crippen LogP contribution < -0.4 is 9.80 Å². The highest BCUT2D eigenvalue weighted by atomic mass is 16.3. The number of rotatable bonds is 5. The van der Waals surface area contributed by atoms with Gasteiger partial charge in [0.2, 0.25) is 11.9 Å². The number of aryl methyl sites for hydroxylation is 1. The molecule has 7 nitrogen and oxygen atoms in total. The molecule has 0 aliphatic carbocycles. The minimum atomic E-state index is -0.536. The number of anilines is 2. The van der Waals surface area contributed by atoms with E-state index in [-0.39, 0.29) is 11.8 Å². The predicted molar refractivity (Wildman–Crippen MR) is 118 cm³/mol. The molecular weight excluding hydrogens is 378 g/mol.